The highest BCUT2D eigenvalue weighted by molar-refractivity contribution is 7.14. The number of rotatable bonds is 2. The first-order valence-electron chi connectivity index (χ1n) is 4.13. The van der Waals surface area contributed by atoms with Crippen molar-refractivity contribution in [1.29, 1.82) is 0 Å². The van der Waals surface area contributed by atoms with E-state index in [-0.39, 0.29) is 5.97 Å². The molecule has 0 aliphatic carbocycles. The standard InChI is InChI=1S/C10H10O2S/c1-3-4-8-6(2)7-5-12-10(11)9(7)13-8/h3H,1,4-5H2,2H3. The summed E-state index contributed by atoms with van der Waals surface area (Å²) in [7, 11) is 0. The molecule has 0 bridgehead atoms. The van der Waals surface area contributed by atoms with Gasteiger partial charge in [-0.05, 0) is 18.9 Å². The Morgan fingerprint density at radius 2 is 2.46 bits per heavy atom. The van der Waals surface area contributed by atoms with Crippen LogP contribution < -0.4 is 0 Å². The molecule has 0 fully saturated rings. The Kier molecular flexibility index (Phi) is 1.96. The minimum atomic E-state index is -0.168. The summed E-state index contributed by atoms with van der Waals surface area (Å²) in [5, 5.41) is 0. The Hall–Kier alpha value is -1.09. The van der Waals surface area contributed by atoms with Crippen LogP contribution in [-0.2, 0) is 17.8 Å². The fourth-order valence-electron chi connectivity index (χ4n) is 1.47. The van der Waals surface area contributed by atoms with Crippen LogP contribution in [0.15, 0.2) is 12.7 Å². The van der Waals surface area contributed by atoms with Gasteiger partial charge >= 0.3 is 5.97 Å². The number of hydrogen-bond acceptors (Lipinski definition) is 3. The normalized spacial score (nSPS) is 14.1. The average Bonchev–Trinajstić information content (AvgIpc) is 2.59. The third-order valence-electron chi connectivity index (χ3n) is 2.23. The van der Waals surface area contributed by atoms with Gasteiger partial charge in [-0.1, -0.05) is 6.08 Å². The van der Waals surface area contributed by atoms with Crippen molar-refractivity contribution in [3.63, 3.8) is 0 Å². The van der Waals surface area contributed by atoms with Crippen LogP contribution in [0.4, 0.5) is 0 Å². The summed E-state index contributed by atoms with van der Waals surface area (Å²) >= 11 is 1.54. The van der Waals surface area contributed by atoms with Crippen LogP contribution in [0.25, 0.3) is 0 Å². The second-order valence-corrected chi connectivity index (χ2v) is 4.13. The lowest BCUT2D eigenvalue weighted by Gasteiger charge is -1.96. The molecule has 0 saturated carbocycles. The van der Waals surface area contributed by atoms with Crippen LogP contribution in [-0.4, -0.2) is 5.97 Å². The number of fused-ring (bicyclic) bond motifs is 1. The molecule has 1 aliphatic heterocycles. The Labute approximate surface area is 80.8 Å². The highest BCUT2D eigenvalue weighted by atomic mass is 32.1. The fraction of sp³-hybridized carbons (Fsp3) is 0.300. The van der Waals surface area contributed by atoms with Crippen molar-refractivity contribution >= 4 is 17.3 Å². The minimum absolute atomic E-state index is 0.168. The lowest BCUT2D eigenvalue weighted by atomic mass is 10.1. The topological polar surface area (TPSA) is 26.3 Å². The first-order valence-corrected chi connectivity index (χ1v) is 4.95. The highest BCUT2D eigenvalue weighted by Crippen LogP contribution is 2.33. The van der Waals surface area contributed by atoms with Gasteiger partial charge in [-0.25, -0.2) is 4.79 Å². The number of carbonyl (C=O) groups is 1. The van der Waals surface area contributed by atoms with Gasteiger partial charge in [0.15, 0.2) is 0 Å². The lowest BCUT2D eigenvalue weighted by Crippen LogP contribution is -1.90. The van der Waals surface area contributed by atoms with Crippen molar-refractivity contribution in [2.75, 3.05) is 0 Å². The van der Waals surface area contributed by atoms with E-state index in [1.807, 2.05) is 13.0 Å². The van der Waals surface area contributed by atoms with Crippen molar-refractivity contribution in [2.45, 2.75) is 20.0 Å². The maximum Gasteiger partial charge on any atom is 0.349 e. The van der Waals surface area contributed by atoms with Gasteiger partial charge in [0, 0.05) is 10.4 Å². The number of carbonyl (C=O) groups excluding carboxylic acids is 1. The van der Waals surface area contributed by atoms with Gasteiger partial charge in [0.1, 0.15) is 11.5 Å². The number of allylic oxidation sites excluding steroid dienone is 1. The molecule has 68 valence electrons. The molecule has 0 radical (unpaired) electrons. The number of cyclic esters (lactones) is 1. The van der Waals surface area contributed by atoms with E-state index in [4.69, 9.17) is 4.74 Å². The minimum Gasteiger partial charge on any atom is -0.457 e. The molecule has 0 saturated heterocycles. The third kappa shape index (κ3) is 1.20. The molecule has 0 atom stereocenters. The number of esters is 1. The van der Waals surface area contributed by atoms with Crippen molar-refractivity contribution in [3.8, 4) is 0 Å². The van der Waals surface area contributed by atoms with Gasteiger partial charge in [0.2, 0.25) is 0 Å². The van der Waals surface area contributed by atoms with Gasteiger partial charge in [0.25, 0.3) is 0 Å². The fourth-order valence-corrected chi connectivity index (χ4v) is 2.67. The predicted molar refractivity (Wildman–Crippen MR) is 52.1 cm³/mol. The SMILES string of the molecule is C=CCc1sc2c(c1C)COC2=O. The van der Waals surface area contributed by atoms with E-state index >= 15 is 0 Å². The van der Waals surface area contributed by atoms with E-state index in [0.717, 1.165) is 16.9 Å². The maximum absolute atomic E-state index is 11.2. The van der Waals surface area contributed by atoms with Crippen molar-refractivity contribution in [3.05, 3.63) is 33.5 Å². The Bertz CT molecular complexity index is 377. The molecule has 0 N–H and O–H groups in total. The lowest BCUT2D eigenvalue weighted by molar-refractivity contribution is 0.0538. The van der Waals surface area contributed by atoms with Crippen molar-refractivity contribution < 1.29 is 9.53 Å². The molecule has 0 aromatic carbocycles. The van der Waals surface area contributed by atoms with Crippen LogP contribution >= 0.6 is 11.3 Å². The zero-order chi connectivity index (χ0) is 9.42. The summed E-state index contributed by atoms with van der Waals surface area (Å²) in [6, 6.07) is 0. The van der Waals surface area contributed by atoms with E-state index < -0.39 is 0 Å². The van der Waals surface area contributed by atoms with Crippen LogP contribution in [0, 0.1) is 6.92 Å². The number of ether oxygens (including phenoxy) is 1. The quantitative estimate of drug-likeness (QED) is 0.534. The largest absolute Gasteiger partial charge is 0.457 e. The number of thiophene rings is 1. The zero-order valence-corrected chi connectivity index (χ0v) is 8.24. The molecular formula is C10H10O2S. The first kappa shape index (κ1) is 8.51. The molecule has 2 nitrogen and oxygen atoms in total. The molecule has 0 spiro atoms. The Balaban J connectivity index is 2.48. The Morgan fingerprint density at radius 3 is 3.08 bits per heavy atom. The molecule has 13 heavy (non-hydrogen) atoms. The summed E-state index contributed by atoms with van der Waals surface area (Å²) < 4.78 is 4.92. The summed E-state index contributed by atoms with van der Waals surface area (Å²) in [6.07, 6.45) is 2.70. The number of hydrogen-bond donors (Lipinski definition) is 0. The molecule has 2 rings (SSSR count). The molecule has 2 heterocycles. The summed E-state index contributed by atoms with van der Waals surface area (Å²) in [5.41, 5.74) is 2.28. The third-order valence-corrected chi connectivity index (χ3v) is 3.57. The highest BCUT2D eigenvalue weighted by Gasteiger charge is 2.27. The van der Waals surface area contributed by atoms with Crippen LogP contribution in [0.1, 0.15) is 25.7 Å². The van der Waals surface area contributed by atoms with E-state index in [9.17, 15) is 4.79 Å². The van der Waals surface area contributed by atoms with E-state index in [1.165, 1.54) is 21.8 Å². The van der Waals surface area contributed by atoms with Crippen molar-refractivity contribution in [2.24, 2.45) is 0 Å². The predicted octanol–water partition coefficient (Wildman–Crippen LogP) is 2.46. The molecule has 3 heteroatoms. The molecule has 0 amide bonds. The van der Waals surface area contributed by atoms with Crippen LogP contribution in [0.2, 0.25) is 0 Å². The monoisotopic (exact) mass is 194 g/mol. The van der Waals surface area contributed by atoms with E-state index in [1.54, 1.807) is 0 Å². The van der Waals surface area contributed by atoms with E-state index in [0.29, 0.717) is 6.61 Å². The summed E-state index contributed by atoms with van der Waals surface area (Å²) in [5.74, 6) is -0.168. The first-order chi connectivity index (χ1) is 6.24. The molecule has 1 aromatic heterocycles. The smallest absolute Gasteiger partial charge is 0.349 e. The van der Waals surface area contributed by atoms with Crippen LogP contribution in [0.3, 0.4) is 0 Å². The maximum atomic E-state index is 11.2. The molecule has 1 aromatic rings. The molecule has 0 unspecified atom stereocenters. The second-order valence-electron chi connectivity index (χ2n) is 3.03. The van der Waals surface area contributed by atoms with Crippen molar-refractivity contribution in [1.82, 2.24) is 0 Å². The van der Waals surface area contributed by atoms with Gasteiger partial charge in [-0.3, -0.25) is 0 Å². The van der Waals surface area contributed by atoms with E-state index in [2.05, 4.69) is 6.58 Å². The van der Waals surface area contributed by atoms with Gasteiger partial charge in [-0.15, -0.1) is 17.9 Å². The Morgan fingerprint density at radius 1 is 1.69 bits per heavy atom. The van der Waals surface area contributed by atoms with Crippen LogP contribution in [0.5, 0.6) is 0 Å². The molecule has 1 aliphatic rings. The average molecular weight is 194 g/mol. The zero-order valence-electron chi connectivity index (χ0n) is 7.42. The second kappa shape index (κ2) is 3.00. The van der Waals surface area contributed by atoms with Gasteiger partial charge in [-0.2, -0.15) is 0 Å². The van der Waals surface area contributed by atoms with Gasteiger partial charge in [0.05, 0.1) is 0 Å². The summed E-state index contributed by atoms with van der Waals surface area (Å²) in [6.45, 7) is 6.18. The summed E-state index contributed by atoms with van der Waals surface area (Å²) in [4.78, 5) is 13.2. The van der Waals surface area contributed by atoms with Gasteiger partial charge < -0.3 is 4.74 Å². The molecular weight excluding hydrogens is 184 g/mol.